The maximum atomic E-state index is 17.2. The number of imide groups is 2. The molecule has 5 fully saturated rings. The lowest BCUT2D eigenvalue weighted by Gasteiger charge is -2.35. The molecule has 0 radical (unpaired) electrons. The molecular formula is C55H54F2N10O10. The number of alkyl carbamates (subject to hydrolysis) is 1. The molecule has 3 aromatic carbocycles. The van der Waals surface area contributed by atoms with Gasteiger partial charge in [-0.15, -0.1) is 6.42 Å². The summed E-state index contributed by atoms with van der Waals surface area (Å²) in [5, 5.41) is 12.5. The number of carbonyl (C=O) groups is 6. The molecule has 5 aromatic rings. The third-order valence-electron chi connectivity index (χ3n) is 15.3. The second kappa shape index (κ2) is 21.2. The van der Waals surface area contributed by atoms with Crippen molar-refractivity contribution < 1.29 is 56.5 Å². The minimum atomic E-state index is -1.14. The summed E-state index contributed by atoms with van der Waals surface area (Å²) in [6, 6.07) is 11.7. The maximum Gasteiger partial charge on any atom is 0.407 e. The average molecular weight is 1050 g/mol. The summed E-state index contributed by atoms with van der Waals surface area (Å²) in [5.74, 6) is -1.62. The minimum Gasteiger partial charge on any atom is -0.461 e. The van der Waals surface area contributed by atoms with E-state index in [1.54, 1.807) is 30.5 Å². The first-order valence-electron chi connectivity index (χ1n) is 25.6. The SMILES string of the molecule is C#Cc1c(F)ccc2cccc(-c3ncc4c(N5CC6CCC(C5)N6)nc(OC[C@@]56CC[C@@H](COC(=O)NCCOCCOCC(=O)Nc7cccc8c7C(=O)N(C7CCC(=O)NC7=O)C8=O)N5CC(=C)C6)nc4c3F)c12. The molecule has 22 heteroatoms. The lowest BCUT2D eigenvalue weighted by Crippen LogP contribution is -2.54. The average Bonchev–Trinajstić information content (AvgIpc) is 4.28. The van der Waals surface area contributed by atoms with Gasteiger partial charge in [0.25, 0.3) is 11.8 Å². The van der Waals surface area contributed by atoms with E-state index in [1.807, 2.05) is 0 Å². The monoisotopic (exact) mass is 1050 g/mol. The molecule has 2 bridgehead atoms. The molecule has 5 atom stereocenters. The Balaban J connectivity index is 0.665. The molecule has 77 heavy (non-hydrogen) atoms. The van der Waals surface area contributed by atoms with Crippen LogP contribution in [0.3, 0.4) is 0 Å². The molecule has 398 valence electrons. The van der Waals surface area contributed by atoms with Crippen molar-refractivity contribution in [2.45, 2.75) is 74.7 Å². The molecule has 0 aliphatic carbocycles. The van der Waals surface area contributed by atoms with Crippen molar-refractivity contribution in [1.29, 1.82) is 0 Å². The zero-order valence-electron chi connectivity index (χ0n) is 41.8. The number of halogens is 2. The van der Waals surface area contributed by atoms with Crippen molar-refractivity contribution >= 4 is 68.8 Å². The van der Waals surface area contributed by atoms with Gasteiger partial charge in [0.2, 0.25) is 17.7 Å². The van der Waals surface area contributed by atoms with E-state index in [2.05, 4.69) is 48.6 Å². The molecular weight excluding hydrogens is 999 g/mol. The van der Waals surface area contributed by atoms with E-state index >= 15 is 8.78 Å². The minimum absolute atomic E-state index is 0.0000262. The number of anilines is 2. The van der Waals surface area contributed by atoms with Crippen LogP contribution in [0, 0.1) is 24.0 Å². The van der Waals surface area contributed by atoms with Gasteiger partial charge < -0.3 is 39.8 Å². The van der Waals surface area contributed by atoms with Crippen LogP contribution in [0.2, 0.25) is 0 Å². The van der Waals surface area contributed by atoms with Gasteiger partial charge in [0.1, 0.15) is 48.7 Å². The summed E-state index contributed by atoms with van der Waals surface area (Å²) in [6.45, 7) is 6.45. The van der Waals surface area contributed by atoms with Crippen LogP contribution in [-0.4, -0.2) is 156 Å². The number of nitrogens with zero attached hydrogens (tertiary/aromatic N) is 6. The van der Waals surface area contributed by atoms with Crippen LogP contribution in [0.15, 0.2) is 66.9 Å². The Morgan fingerprint density at radius 2 is 1.73 bits per heavy atom. The van der Waals surface area contributed by atoms with Crippen LogP contribution < -0.4 is 30.9 Å². The fraction of sp³-hybridized carbons (Fsp3) is 0.400. The molecule has 6 aliphatic rings. The molecule has 6 aliphatic heterocycles. The highest BCUT2D eigenvalue weighted by molar-refractivity contribution is 6.26. The third-order valence-corrected chi connectivity index (χ3v) is 15.3. The number of terminal acetylenes is 1. The molecule has 2 aromatic heterocycles. The summed E-state index contributed by atoms with van der Waals surface area (Å²) in [6.07, 6.45) is 10.8. The van der Waals surface area contributed by atoms with Gasteiger partial charge in [0.05, 0.1) is 53.1 Å². The topological polar surface area (TPSA) is 236 Å². The van der Waals surface area contributed by atoms with Gasteiger partial charge in [0, 0.05) is 67.9 Å². The molecule has 0 saturated carbocycles. The number of rotatable bonds is 17. The van der Waals surface area contributed by atoms with E-state index in [-0.39, 0.29) is 110 Å². The highest BCUT2D eigenvalue weighted by Gasteiger charge is 2.52. The second-order valence-electron chi connectivity index (χ2n) is 20.2. The number of piperazine rings is 1. The Morgan fingerprint density at radius 3 is 2.53 bits per heavy atom. The van der Waals surface area contributed by atoms with Gasteiger partial charge in [-0.2, -0.15) is 9.97 Å². The van der Waals surface area contributed by atoms with Crippen molar-refractivity contribution in [3.05, 3.63) is 95.2 Å². The largest absolute Gasteiger partial charge is 0.461 e. The summed E-state index contributed by atoms with van der Waals surface area (Å²) in [7, 11) is 0. The van der Waals surface area contributed by atoms with Gasteiger partial charge >= 0.3 is 12.1 Å². The highest BCUT2D eigenvalue weighted by atomic mass is 19.1. The first-order chi connectivity index (χ1) is 37.3. The Bertz CT molecular complexity index is 3320. The van der Waals surface area contributed by atoms with E-state index in [0.29, 0.717) is 66.4 Å². The van der Waals surface area contributed by atoms with Crippen LogP contribution in [0.5, 0.6) is 6.01 Å². The molecule has 6 amide bonds. The molecule has 20 nitrogen and oxygen atoms in total. The summed E-state index contributed by atoms with van der Waals surface area (Å²) >= 11 is 0. The number of nitrogens with one attached hydrogen (secondary N) is 4. The smallest absolute Gasteiger partial charge is 0.407 e. The summed E-state index contributed by atoms with van der Waals surface area (Å²) < 4.78 is 55.4. The van der Waals surface area contributed by atoms with Crippen LogP contribution in [0.4, 0.5) is 25.1 Å². The van der Waals surface area contributed by atoms with E-state index in [4.69, 9.17) is 35.3 Å². The predicted molar refractivity (Wildman–Crippen MR) is 275 cm³/mol. The van der Waals surface area contributed by atoms with Gasteiger partial charge in [-0.25, -0.2) is 13.6 Å². The number of pyridine rings is 1. The third kappa shape index (κ3) is 9.91. The number of amides is 6. The summed E-state index contributed by atoms with van der Waals surface area (Å²) in [4.78, 5) is 95.5. The molecule has 3 unspecified atom stereocenters. The van der Waals surface area contributed by atoms with Crippen LogP contribution in [-0.2, 0) is 28.6 Å². The molecule has 5 saturated heterocycles. The van der Waals surface area contributed by atoms with Crippen molar-refractivity contribution in [3.8, 4) is 29.6 Å². The molecule has 8 heterocycles. The molecule has 0 spiro atoms. The Hall–Kier alpha value is -7.97. The number of aromatic nitrogens is 3. The predicted octanol–water partition coefficient (Wildman–Crippen LogP) is 4.39. The first kappa shape index (κ1) is 51.2. The zero-order chi connectivity index (χ0) is 53.5. The standard InChI is InChI=1S/C55H54F2N10O10/c1-3-35-39(56)13-10-31-6-4-7-36(44(31)35)47-46(57)48-38(23-59-47)49(65-25-32-11-12-33(26-65)60-32)64-53(63-48)77-29-55-17-16-34(66(55)24-30(2)22-55)27-76-54(73)58-18-19-74-20-21-75-28-43(69)61-40-9-5-8-37-45(40)52(72)67(51(37)71)41-14-15-42(68)62-50(41)70/h1,4-10,13,23,32-34,41,60H,2,11-12,14-22,24-29H2,(H,58,73)(H,61,69)(H,62,68,70)/t32?,33?,34-,41?,55-/m0/s1. The quantitative estimate of drug-likeness (QED) is 0.0438. The number of hydrogen-bond acceptors (Lipinski definition) is 16. The maximum absolute atomic E-state index is 17.2. The highest BCUT2D eigenvalue weighted by Crippen LogP contribution is 2.45. The number of benzene rings is 3. The Morgan fingerprint density at radius 1 is 0.935 bits per heavy atom. The van der Waals surface area contributed by atoms with Crippen LogP contribution >= 0.6 is 0 Å². The number of piperidine rings is 1. The second-order valence-corrected chi connectivity index (χ2v) is 20.2. The summed E-state index contributed by atoms with van der Waals surface area (Å²) in [5.41, 5.74) is 0.879. The molecule has 11 rings (SSSR count). The van der Waals surface area contributed by atoms with E-state index in [0.717, 1.165) is 23.3 Å². The van der Waals surface area contributed by atoms with Gasteiger partial charge in [-0.3, -0.25) is 44.1 Å². The Labute approximate surface area is 440 Å². The van der Waals surface area contributed by atoms with Crippen molar-refractivity contribution in [2.75, 3.05) is 76.0 Å². The van der Waals surface area contributed by atoms with Crippen LogP contribution in [0.25, 0.3) is 32.9 Å². The first-order valence-corrected chi connectivity index (χ1v) is 25.6. The number of fused-ring (bicyclic) bond motifs is 6. The lowest BCUT2D eigenvalue weighted by atomic mass is 9.94. The van der Waals surface area contributed by atoms with E-state index < -0.39 is 65.5 Å². The van der Waals surface area contributed by atoms with Crippen molar-refractivity contribution in [2.24, 2.45) is 0 Å². The molecule has 4 N–H and O–H groups in total. The normalized spacial score (nSPS) is 22.8. The lowest BCUT2D eigenvalue weighted by molar-refractivity contribution is -0.136. The van der Waals surface area contributed by atoms with Gasteiger partial charge in [0.15, 0.2) is 5.82 Å². The van der Waals surface area contributed by atoms with Crippen LogP contribution in [0.1, 0.15) is 71.2 Å². The Kier molecular flexibility index (Phi) is 14.1. The number of carbonyl (C=O) groups excluding carboxylic acids is 6. The van der Waals surface area contributed by atoms with Gasteiger partial charge in [-0.1, -0.05) is 48.4 Å². The van der Waals surface area contributed by atoms with E-state index in [1.165, 1.54) is 24.3 Å². The fourth-order valence-corrected chi connectivity index (χ4v) is 11.8. The van der Waals surface area contributed by atoms with E-state index in [9.17, 15) is 28.8 Å². The van der Waals surface area contributed by atoms with Crippen molar-refractivity contribution in [1.82, 2.24) is 40.7 Å². The zero-order valence-corrected chi connectivity index (χ0v) is 41.8. The number of hydrogen-bond donors (Lipinski definition) is 4. The number of ether oxygens (including phenoxy) is 4. The fourth-order valence-electron chi connectivity index (χ4n) is 11.8. The van der Waals surface area contributed by atoms with Crippen molar-refractivity contribution in [3.63, 3.8) is 0 Å². The van der Waals surface area contributed by atoms with Gasteiger partial charge in [-0.05, 0) is 62.1 Å².